The molecule has 0 unspecified atom stereocenters. The van der Waals surface area contributed by atoms with Crippen LogP contribution in [0, 0.1) is 0 Å². The smallest absolute Gasteiger partial charge is 0.192 e. The zero-order chi connectivity index (χ0) is 28.6. The van der Waals surface area contributed by atoms with Gasteiger partial charge >= 0.3 is 0 Å². The zero-order valence-corrected chi connectivity index (χ0v) is 29.5. The second-order valence-electron chi connectivity index (χ2n) is 13.6. The maximum Gasteiger partial charge on any atom is 0.192 e. The fourth-order valence-electron chi connectivity index (χ4n) is 3.83. The van der Waals surface area contributed by atoms with Crippen molar-refractivity contribution in [2.45, 2.75) is 161 Å². The highest BCUT2D eigenvalue weighted by molar-refractivity contribution is 6.75. The van der Waals surface area contributed by atoms with Crippen molar-refractivity contribution in [3.8, 4) is 0 Å². The molecule has 4 atom stereocenters. The first-order valence-corrected chi connectivity index (χ1v) is 22.6. The molecule has 0 aliphatic heterocycles. The fraction of sp³-hybridized carbons (Fsp3) is 0.862. The van der Waals surface area contributed by atoms with Crippen LogP contribution in [0.1, 0.15) is 82.1 Å². The Morgan fingerprint density at radius 3 is 1.61 bits per heavy atom. The molecule has 0 aromatic carbocycles. The average Bonchev–Trinajstić information content (AvgIpc) is 2.73. The van der Waals surface area contributed by atoms with Crippen LogP contribution in [0.25, 0.3) is 0 Å². The maximum absolute atomic E-state index is 10.4. The molecule has 7 heteroatoms. The van der Waals surface area contributed by atoms with Gasteiger partial charge in [-0.3, -0.25) is 0 Å². The summed E-state index contributed by atoms with van der Waals surface area (Å²) in [6, 6.07) is 3.31. The van der Waals surface area contributed by atoms with Crippen molar-refractivity contribution in [1.82, 2.24) is 0 Å². The lowest BCUT2D eigenvalue weighted by atomic mass is 10.1. The summed E-state index contributed by atoms with van der Waals surface area (Å²) in [5.41, 5.74) is 0. The summed E-state index contributed by atoms with van der Waals surface area (Å²) < 4.78 is 21.0. The number of hydrogen-bond donors (Lipinski definition) is 1. The molecule has 0 rings (SSSR count). The Bertz CT molecular complexity index is 665. The largest absolute Gasteiger partial charge is 0.412 e. The van der Waals surface area contributed by atoms with Crippen molar-refractivity contribution in [3.63, 3.8) is 0 Å². The molecular weight excluding hydrogens is 497 g/mol. The Hall–Kier alpha value is -0.0294. The van der Waals surface area contributed by atoms with Crippen molar-refractivity contribution >= 4 is 25.0 Å². The van der Waals surface area contributed by atoms with E-state index in [-0.39, 0.29) is 28.4 Å². The molecule has 0 aromatic rings. The molecule has 0 aliphatic carbocycles. The third kappa shape index (κ3) is 11.0. The van der Waals surface area contributed by atoms with E-state index < -0.39 is 31.1 Å². The standard InChI is InChI=1S/C29H62O4Si3/c1-16-20-25(30)21-22-26(32-35(14,15)29(9,10)11)23-27(33-36(17-2,18-3)19-4)24(5)31-34(12,13)28(6,7)8/h16,21-22,24-27,30H,1,17-20,23H2,2-15H3/b22-21-/t24-,25-,26+,27+/m0/s1. The summed E-state index contributed by atoms with van der Waals surface area (Å²) in [5, 5.41) is 10.6. The van der Waals surface area contributed by atoms with E-state index in [2.05, 4.69) is 108 Å². The van der Waals surface area contributed by atoms with Crippen LogP contribution in [-0.4, -0.2) is 54.5 Å². The van der Waals surface area contributed by atoms with Gasteiger partial charge in [0.2, 0.25) is 0 Å². The lowest BCUT2D eigenvalue weighted by Gasteiger charge is -2.44. The van der Waals surface area contributed by atoms with E-state index in [4.69, 9.17) is 13.3 Å². The van der Waals surface area contributed by atoms with Crippen LogP contribution in [0.15, 0.2) is 24.8 Å². The Labute approximate surface area is 228 Å². The summed E-state index contributed by atoms with van der Waals surface area (Å²) in [5.74, 6) is 0. The Morgan fingerprint density at radius 1 is 0.778 bits per heavy atom. The molecule has 0 bridgehead atoms. The minimum Gasteiger partial charge on any atom is -0.412 e. The lowest BCUT2D eigenvalue weighted by molar-refractivity contribution is 0.0227. The Kier molecular flexibility index (Phi) is 14.4. The average molecular weight is 559 g/mol. The van der Waals surface area contributed by atoms with Gasteiger partial charge in [0.05, 0.1) is 24.4 Å². The molecule has 0 saturated carbocycles. The minimum absolute atomic E-state index is 0.0283. The van der Waals surface area contributed by atoms with Crippen molar-refractivity contribution < 1.29 is 18.4 Å². The molecule has 0 fully saturated rings. The molecule has 0 aromatic heterocycles. The summed E-state index contributed by atoms with van der Waals surface area (Å²) in [6.07, 6.45) is 6.18. The van der Waals surface area contributed by atoms with Gasteiger partial charge in [0.1, 0.15) is 0 Å². The van der Waals surface area contributed by atoms with Crippen LogP contribution in [0.4, 0.5) is 0 Å². The molecule has 36 heavy (non-hydrogen) atoms. The van der Waals surface area contributed by atoms with Gasteiger partial charge in [0, 0.05) is 6.42 Å². The molecule has 0 saturated heterocycles. The van der Waals surface area contributed by atoms with Crippen LogP contribution in [-0.2, 0) is 13.3 Å². The SMILES string of the molecule is C=CC[C@H](O)/C=C\[C@H](C[C@@H](O[Si](CC)(CC)CC)[C@H](C)O[Si](C)(C)C(C)(C)C)O[Si](C)(C)C(C)(C)C. The Morgan fingerprint density at radius 2 is 1.22 bits per heavy atom. The Balaban J connectivity index is 6.35. The second kappa shape index (κ2) is 14.4. The first-order chi connectivity index (χ1) is 16.2. The maximum atomic E-state index is 10.4. The van der Waals surface area contributed by atoms with E-state index in [0.29, 0.717) is 6.42 Å². The van der Waals surface area contributed by atoms with Crippen molar-refractivity contribution in [2.24, 2.45) is 0 Å². The molecule has 4 nitrogen and oxygen atoms in total. The highest BCUT2D eigenvalue weighted by atomic mass is 28.4. The van der Waals surface area contributed by atoms with Gasteiger partial charge < -0.3 is 18.4 Å². The predicted molar refractivity (Wildman–Crippen MR) is 166 cm³/mol. The van der Waals surface area contributed by atoms with Crippen LogP contribution in [0.3, 0.4) is 0 Å². The molecule has 0 aliphatic rings. The van der Waals surface area contributed by atoms with Crippen LogP contribution in [0.2, 0.25) is 54.4 Å². The zero-order valence-electron chi connectivity index (χ0n) is 26.5. The van der Waals surface area contributed by atoms with Crippen LogP contribution < -0.4 is 0 Å². The van der Waals surface area contributed by atoms with Crippen molar-refractivity contribution in [2.75, 3.05) is 0 Å². The first kappa shape index (κ1) is 36.0. The molecule has 0 amide bonds. The van der Waals surface area contributed by atoms with Crippen LogP contribution >= 0.6 is 0 Å². The monoisotopic (exact) mass is 558 g/mol. The third-order valence-electron chi connectivity index (χ3n) is 8.82. The third-order valence-corrected chi connectivity index (χ3v) is 22.6. The fourth-order valence-corrected chi connectivity index (χ4v) is 9.48. The highest BCUT2D eigenvalue weighted by Gasteiger charge is 2.43. The molecule has 1 N–H and O–H groups in total. The number of aliphatic hydroxyl groups excluding tert-OH is 1. The highest BCUT2D eigenvalue weighted by Crippen LogP contribution is 2.40. The number of hydrogen-bond acceptors (Lipinski definition) is 4. The minimum atomic E-state index is -2.05. The normalized spacial score (nSPS) is 17.8. The molecule has 0 radical (unpaired) electrons. The van der Waals surface area contributed by atoms with E-state index in [1.54, 1.807) is 6.08 Å². The van der Waals surface area contributed by atoms with E-state index in [9.17, 15) is 5.11 Å². The molecular formula is C29H62O4Si3. The summed E-state index contributed by atoms with van der Waals surface area (Å²) in [7, 11) is -5.91. The first-order valence-electron chi connectivity index (χ1n) is 14.2. The van der Waals surface area contributed by atoms with Gasteiger partial charge in [0.25, 0.3) is 0 Å². The van der Waals surface area contributed by atoms with Gasteiger partial charge in [-0.1, -0.05) is 80.5 Å². The van der Waals surface area contributed by atoms with Crippen LogP contribution in [0.5, 0.6) is 0 Å². The van der Waals surface area contributed by atoms with Crippen molar-refractivity contribution in [3.05, 3.63) is 24.8 Å². The topological polar surface area (TPSA) is 47.9 Å². The van der Waals surface area contributed by atoms with E-state index >= 15 is 0 Å². The number of aliphatic hydroxyl groups is 1. The van der Waals surface area contributed by atoms with Gasteiger partial charge in [-0.2, -0.15) is 0 Å². The summed E-state index contributed by atoms with van der Waals surface area (Å²) in [6.45, 7) is 35.7. The quantitative estimate of drug-likeness (QED) is 0.152. The van der Waals surface area contributed by atoms with E-state index in [1.807, 2.05) is 6.08 Å². The molecule has 0 spiro atoms. The van der Waals surface area contributed by atoms with Gasteiger partial charge in [-0.25, -0.2) is 0 Å². The summed E-state index contributed by atoms with van der Waals surface area (Å²) in [4.78, 5) is 0. The molecule has 0 heterocycles. The van der Waals surface area contributed by atoms with E-state index in [0.717, 1.165) is 24.6 Å². The second-order valence-corrected chi connectivity index (χ2v) is 27.8. The summed E-state index contributed by atoms with van der Waals surface area (Å²) >= 11 is 0. The van der Waals surface area contributed by atoms with Gasteiger partial charge in [-0.05, 0) is 67.7 Å². The predicted octanol–water partition coefficient (Wildman–Crippen LogP) is 9.06. The van der Waals surface area contributed by atoms with Gasteiger partial charge in [0.15, 0.2) is 25.0 Å². The van der Waals surface area contributed by atoms with E-state index in [1.165, 1.54) is 0 Å². The van der Waals surface area contributed by atoms with Gasteiger partial charge in [-0.15, -0.1) is 6.58 Å². The van der Waals surface area contributed by atoms with Crippen molar-refractivity contribution in [1.29, 1.82) is 0 Å². The lowest BCUT2D eigenvalue weighted by Crippen LogP contribution is -2.51. The number of rotatable bonds is 16. The molecule has 214 valence electrons.